The average molecular weight is 275 g/mol. The summed E-state index contributed by atoms with van der Waals surface area (Å²) in [7, 11) is 1.42. The molecule has 0 aromatic heterocycles. The molecule has 104 valence electrons. The van der Waals surface area contributed by atoms with Crippen molar-refractivity contribution in [3.63, 3.8) is 0 Å². The predicted octanol–water partition coefficient (Wildman–Crippen LogP) is 1.72. The number of β-lactam (4-membered cyclic amide) rings is 1. The molecule has 1 aromatic carbocycles. The lowest BCUT2D eigenvalue weighted by atomic mass is 9.83. The molecular formula is C12H12F3NO3. The number of rotatable bonds is 2. The van der Waals surface area contributed by atoms with Gasteiger partial charge in [-0.1, -0.05) is 0 Å². The highest BCUT2D eigenvalue weighted by Gasteiger charge is 2.68. The largest absolute Gasteiger partial charge is 0.497 e. The highest BCUT2D eigenvalue weighted by atomic mass is 19.4. The molecule has 1 N–H and O–H groups in total. The van der Waals surface area contributed by atoms with Gasteiger partial charge in [-0.3, -0.25) is 9.69 Å². The molecule has 0 bridgehead atoms. The minimum Gasteiger partial charge on any atom is -0.497 e. The van der Waals surface area contributed by atoms with Crippen LogP contribution in [0.5, 0.6) is 5.75 Å². The Morgan fingerprint density at radius 1 is 1.32 bits per heavy atom. The molecule has 1 fully saturated rings. The van der Waals surface area contributed by atoms with E-state index in [1.807, 2.05) is 0 Å². The van der Waals surface area contributed by atoms with Crippen molar-refractivity contribution in [2.75, 3.05) is 12.0 Å². The van der Waals surface area contributed by atoms with Gasteiger partial charge in [-0.25, -0.2) is 0 Å². The Kier molecular flexibility index (Phi) is 2.97. The fourth-order valence-corrected chi connectivity index (χ4v) is 2.14. The van der Waals surface area contributed by atoms with E-state index in [0.29, 0.717) is 10.6 Å². The van der Waals surface area contributed by atoms with Crippen LogP contribution < -0.4 is 9.64 Å². The van der Waals surface area contributed by atoms with E-state index in [1.165, 1.54) is 31.4 Å². The van der Waals surface area contributed by atoms with Gasteiger partial charge in [0.2, 0.25) is 0 Å². The summed E-state index contributed by atoms with van der Waals surface area (Å²) in [6.07, 6.45) is -4.70. The van der Waals surface area contributed by atoms with Crippen molar-refractivity contribution >= 4 is 11.6 Å². The van der Waals surface area contributed by atoms with Gasteiger partial charge in [0, 0.05) is 5.69 Å². The van der Waals surface area contributed by atoms with Gasteiger partial charge in [-0.05, 0) is 31.2 Å². The number of nitrogens with zero attached hydrogens (tertiary/aromatic N) is 1. The molecule has 0 aliphatic carbocycles. The first-order valence-corrected chi connectivity index (χ1v) is 5.46. The van der Waals surface area contributed by atoms with Crippen LogP contribution in [0.4, 0.5) is 18.9 Å². The van der Waals surface area contributed by atoms with Crippen molar-refractivity contribution in [3.05, 3.63) is 24.3 Å². The minimum absolute atomic E-state index is 0.0691. The first-order chi connectivity index (χ1) is 8.69. The van der Waals surface area contributed by atoms with Crippen molar-refractivity contribution in [2.45, 2.75) is 24.7 Å². The van der Waals surface area contributed by atoms with E-state index in [0.717, 1.165) is 6.92 Å². The van der Waals surface area contributed by atoms with Crippen LogP contribution in [0, 0.1) is 0 Å². The summed E-state index contributed by atoms with van der Waals surface area (Å²) in [6, 6.07) is 3.34. The third kappa shape index (κ3) is 2.03. The summed E-state index contributed by atoms with van der Waals surface area (Å²) >= 11 is 0. The molecule has 19 heavy (non-hydrogen) atoms. The number of anilines is 1. The zero-order valence-corrected chi connectivity index (χ0v) is 10.2. The van der Waals surface area contributed by atoms with Gasteiger partial charge in [-0.2, -0.15) is 13.2 Å². The zero-order chi connectivity index (χ0) is 14.4. The van der Waals surface area contributed by atoms with Crippen LogP contribution >= 0.6 is 0 Å². The van der Waals surface area contributed by atoms with Crippen LogP contribution in [0.2, 0.25) is 0 Å². The Balaban J connectivity index is 2.35. The molecular weight excluding hydrogens is 263 g/mol. The van der Waals surface area contributed by atoms with Crippen LogP contribution in [0.25, 0.3) is 0 Å². The summed E-state index contributed by atoms with van der Waals surface area (Å²) in [4.78, 5) is 12.2. The number of ether oxygens (including phenoxy) is 1. The molecule has 1 aliphatic rings. The van der Waals surface area contributed by atoms with E-state index in [-0.39, 0.29) is 5.69 Å². The average Bonchev–Trinajstić information content (AvgIpc) is 2.33. The van der Waals surface area contributed by atoms with E-state index in [1.54, 1.807) is 0 Å². The summed E-state index contributed by atoms with van der Waals surface area (Å²) < 4.78 is 43.5. The molecule has 2 rings (SSSR count). The monoisotopic (exact) mass is 275 g/mol. The number of benzene rings is 1. The van der Waals surface area contributed by atoms with E-state index in [4.69, 9.17) is 4.74 Å². The molecule has 0 radical (unpaired) electrons. The topological polar surface area (TPSA) is 49.8 Å². The molecule has 0 saturated carbocycles. The number of aliphatic hydroxyl groups is 1. The molecule has 1 saturated heterocycles. The second kappa shape index (κ2) is 4.12. The molecule has 4 nitrogen and oxygen atoms in total. The molecule has 1 aliphatic heterocycles. The maximum atomic E-state index is 12.9. The molecule has 7 heteroatoms. The van der Waals surface area contributed by atoms with E-state index >= 15 is 0 Å². The molecule has 0 unspecified atom stereocenters. The number of hydrogen-bond donors (Lipinski definition) is 1. The fraction of sp³-hybridized carbons (Fsp3) is 0.417. The van der Waals surface area contributed by atoms with Crippen LogP contribution in [0.15, 0.2) is 24.3 Å². The highest BCUT2D eigenvalue weighted by Crippen LogP contribution is 2.44. The van der Waals surface area contributed by atoms with E-state index in [9.17, 15) is 23.1 Å². The summed E-state index contributed by atoms with van der Waals surface area (Å²) in [6.45, 7) is 0.869. The number of methoxy groups -OCH3 is 1. The first-order valence-electron chi connectivity index (χ1n) is 5.46. The second-order valence-corrected chi connectivity index (χ2v) is 4.46. The highest BCUT2D eigenvalue weighted by molar-refractivity contribution is 6.08. The van der Waals surface area contributed by atoms with Gasteiger partial charge in [0.05, 0.1) is 7.11 Å². The lowest BCUT2D eigenvalue weighted by Gasteiger charge is -2.51. The third-order valence-electron chi connectivity index (χ3n) is 3.10. The SMILES string of the molecule is COc1ccc(N2C(=O)[C@@](C)(O)[C@H]2C(F)(F)F)cc1. The van der Waals surface area contributed by atoms with Gasteiger partial charge in [0.25, 0.3) is 5.91 Å². The van der Waals surface area contributed by atoms with Crippen molar-refractivity contribution in [3.8, 4) is 5.75 Å². The standard InChI is InChI=1S/C12H12F3NO3/c1-11(18)9(12(13,14)15)16(10(11)17)7-3-5-8(19-2)6-4-7/h3-6,9,18H,1-2H3/t9-,11-/m0/s1. The van der Waals surface area contributed by atoms with Crippen molar-refractivity contribution < 1.29 is 27.8 Å². The van der Waals surface area contributed by atoms with Gasteiger partial charge in [0.1, 0.15) is 5.75 Å². The quantitative estimate of drug-likeness (QED) is 0.836. The number of halogens is 3. The number of carbonyl (C=O) groups excluding carboxylic acids is 1. The molecule has 1 aromatic rings. The Bertz CT molecular complexity index is 496. The van der Waals surface area contributed by atoms with Crippen molar-refractivity contribution in [1.82, 2.24) is 0 Å². The molecule has 2 atom stereocenters. The molecule has 1 heterocycles. The van der Waals surface area contributed by atoms with Crippen molar-refractivity contribution in [2.24, 2.45) is 0 Å². The van der Waals surface area contributed by atoms with E-state index in [2.05, 4.69) is 0 Å². The normalized spacial score (nSPS) is 27.2. The third-order valence-corrected chi connectivity index (χ3v) is 3.10. The Labute approximate surface area is 107 Å². The second-order valence-electron chi connectivity index (χ2n) is 4.46. The Morgan fingerprint density at radius 2 is 1.84 bits per heavy atom. The van der Waals surface area contributed by atoms with Gasteiger partial charge >= 0.3 is 6.18 Å². The van der Waals surface area contributed by atoms with Crippen LogP contribution in [0.1, 0.15) is 6.92 Å². The van der Waals surface area contributed by atoms with Gasteiger partial charge < -0.3 is 9.84 Å². The number of carbonyl (C=O) groups is 1. The van der Waals surface area contributed by atoms with Crippen LogP contribution in [-0.4, -0.2) is 35.9 Å². The minimum atomic E-state index is -4.70. The molecule has 0 spiro atoms. The lowest BCUT2D eigenvalue weighted by Crippen LogP contribution is -2.77. The summed E-state index contributed by atoms with van der Waals surface area (Å²) in [5.41, 5.74) is -2.35. The zero-order valence-electron chi connectivity index (χ0n) is 10.2. The van der Waals surface area contributed by atoms with Crippen molar-refractivity contribution in [1.29, 1.82) is 0 Å². The van der Waals surface area contributed by atoms with Crippen LogP contribution in [-0.2, 0) is 4.79 Å². The van der Waals surface area contributed by atoms with Crippen LogP contribution in [0.3, 0.4) is 0 Å². The fourth-order valence-electron chi connectivity index (χ4n) is 2.14. The summed E-state index contributed by atoms with van der Waals surface area (Å²) in [5, 5.41) is 9.57. The maximum absolute atomic E-state index is 12.9. The van der Waals surface area contributed by atoms with E-state index < -0.39 is 23.7 Å². The van der Waals surface area contributed by atoms with Gasteiger partial charge in [-0.15, -0.1) is 0 Å². The molecule has 1 amide bonds. The number of hydrogen-bond acceptors (Lipinski definition) is 3. The maximum Gasteiger partial charge on any atom is 0.412 e. The number of amides is 1. The van der Waals surface area contributed by atoms with Gasteiger partial charge in [0.15, 0.2) is 11.6 Å². The Morgan fingerprint density at radius 3 is 2.26 bits per heavy atom. The smallest absolute Gasteiger partial charge is 0.412 e. The Hall–Kier alpha value is -1.76. The lowest BCUT2D eigenvalue weighted by molar-refractivity contribution is -0.215. The summed E-state index contributed by atoms with van der Waals surface area (Å²) in [5.74, 6) is -0.507. The first kappa shape index (κ1) is 13.7. The number of alkyl halides is 3. The predicted molar refractivity (Wildman–Crippen MR) is 60.9 cm³/mol.